The van der Waals surface area contributed by atoms with Crippen molar-refractivity contribution >= 4 is 38.9 Å². The van der Waals surface area contributed by atoms with Gasteiger partial charge in [0, 0.05) is 11.8 Å². The van der Waals surface area contributed by atoms with E-state index in [-0.39, 0.29) is 5.78 Å². The molecule has 0 N–H and O–H groups in total. The minimum atomic E-state index is 0.00298. The van der Waals surface area contributed by atoms with E-state index in [0.717, 1.165) is 15.2 Å². The van der Waals surface area contributed by atoms with Crippen molar-refractivity contribution in [2.75, 3.05) is 0 Å². The van der Waals surface area contributed by atoms with Crippen molar-refractivity contribution in [3.63, 3.8) is 0 Å². The summed E-state index contributed by atoms with van der Waals surface area (Å²) in [6, 6.07) is 11.2. The van der Waals surface area contributed by atoms with Crippen LogP contribution in [0.5, 0.6) is 0 Å². The molecule has 2 heterocycles. The molecule has 94 valence electrons. The number of hydrogen-bond donors (Lipinski definition) is 0. The molecule has 0 fully saturated rings. The van der Waals surface area contributed by atoms with E-state index in [9.17, 15) is 4.79 Å². The highest BCUT2D eigenvalue weighted by Crippen LogP contribution is 2.22. The third kappa shape index (κ3) is 2.64. The van der Waals surface area contributed by atoms with Gasteiger partial charge in [-0.15, -0.1) is 11.3 Å². The lowest BCUT2D eigenvalue weighted by Crippen LogP contribution is -2.03. The topological polar surface area (TPSA) is 42.9 Å². The Balaban J connectivity index is 1.84. The number of hydrogen-bond acceptors (Lipinski definition) is 4. The van der Waals surface area contributed by atoms with Crippen LogP contribution in [-0.2, 0) is 6.42 Å². The maximum absolute atomic E-state index is 12.1. The van der Waals surface area contributed by atoms with Gasteiger partial charge < -0.3 is 0 Å². The standard InChI is InChI=1S/C14H9ClN2OS/c15-13-6-5-9(8-16-13)11(18)7-14-17-10-3-1-2-4-12(10)19-14/h1-6,8H,7H2. The van der Waals surface area contributed by atoms with Crippen LogP contribution >= 0.6 is 22.9 Å². The lowest BCUT2D eigenvalue weighted by Gasteiger charge is -1.97. The number of thiazole rings is 1. The smallest absolute Gasteiger partial charge is 0.171 e. The molecular weight excluding hydrogens is 280 g/mol. The highest BCUT2D eigenvalue weighted by atomic mass is 35.5. The van der Waals surface area contributed by atoms with Gasteiger partial charge in [-0.05, 0) is 24.3 Å². The molecule has 0 atom stereocenters. The molecule has 19 heavy (non-hydrogen) atoms. The number of para-hydroxylation sites is 1. The molecule has 0 aliphatic carbocycles. The van der Waals surface area contributed by atoms with Crippen LogP contribution in [0, 0.1) is 0 Å². The average molecular weight is 289 g/mol. The van der Waals surface area contributed by atoms with Gasteiger partial charge in [0.25, 0.3) is 0 Å². The van der Waals surface area contributed by atoms with Gasteiger partial charge in [0.15, 0.2) is 5.78 Å². The van der Waals surface area contributed by atoms with Crippen LogP contribution in [-0.4, -0.2) is 15.8 Å². The first-order valence-corrected chi connectivity index (χ1v) is 6.91. The molecule has 0 saturated carbocycles. The molecule has 3 nitrogen and oxygen atoms in total. The van der Waals surface area contributed by atoms with Crippen molar-refractivity contribution in [2.24, 2.45) is 0 Å². The number of carbonyl (C=O) groups excluding carboxylic acids is 1. The molecule has 0 aliphatic heterocycles. The summed E-state index contributed by atoms with van der Waals surface area (Å²) in [6.07, 6.45) is 1.79. The van der Waals surface area contributed by atoms with E-state index in [1.807, 2.05) is 24.3 Å². The number of benzene rings is 1. The summed E-state index contributed by atoms with van der Waals surface area (Å²) in [5.74, 6) is 0.00298. The SMILES string of the molecule is O=C(Cc1nc2ccccc2s1)c1ccc(Cl)nc1. The van der Waals surface area contributed by atoms with E-state index in [1.165, 1.54) is 6.20 Å². The Kier molecular flexibility index (Phi) is 3.27. The van der Waals surface area contributed by atoms with Crippen LogP contribution in [0.2, 0.25) is 5.15 Å². The first kappa shape index (κ1) is 12.3. The minimum absolute atomic E-state index is 0.00298. The number of rotatable bonds is 3. The van der Waals surface area contributed by atoms with E-state index in [0.29, 0.717) is 17.1 Å². The zero-order valence-corrected chi connectivity index (χ0v) is 11.4. The number of ketones is 1. The quantitative estimate of drug-likeness (QED) is 0.544. The fraction of sp³-hybridized carbons (Fsp3) is 0.0714. The molecule has 3 rings (SSSR count). The zero-order valence-electron chi connectivity index (χ0n) is 9.84. The third-order valence-corrected chi connectivity index (χ3v) is 3.96. The van der Waals surface area contributed by atoms with Crippen molar-refractivity contribution in [3.05, 3.63) is 58.3 Å². The van der Waals surface area contributed by atoms with Crippen LogP contribution < -0.4 is 0 Å². The molecule has 0 aliphatic rings. The molecule has 0 bridgehead atoms. The Labute approximate surface area is 118 Å². The normalized spacial score (nSPS) is 10.8. The maximum atomic E-state index is 12.1. The molecule has 3 aromatic rings. The summed E-state index contributed by atoms with van der Waals surface area (Å²) in [6.45, 7) is 0. The number of pyridine rings is 1. The van der Waals surface area contributed by atoms with Gasteiger partial charge in [0.2, 0.25) is 0 Å². The summed E-state index contributed by atoms with van der Waals surface area (Å²) in [4.78, 5) is 20.4. The molecule has 0 amide bonds. The summed E-state index contributed by atoms with van der Waals surface area (Å²) in [5.41, 5.74) is 1.49. The maximum Gasteiger partial charge on any atom is 0.171 e. The summed E-state index contributed by atoms with van der Waals surface area (Å²) >= 11 is 7.24. The molecule has 0 saturated heterocycles. The number of carbonyl (C=O) groups is 1. The van der Waals surface area contributed by atoms with Gasteiger partial charge in [0.05, 0.1) is 16.6 Å². The molecule has 0 unspecified atom stereocenters. The highest BCUT2D eigenvalue weighted by Gasteiger charge is 2.11. The van der Waals surface area contributed by atoms with Crippen molar-refractivity contribution in [3.8, 4) is 0 Å². The van der Waals surface area contributed by atoms with Crippen molar-refractivity contribution in [1.82, 2.24) is 9.97 Å². The Hall–Kier alpha value is -1.78. The van der Waals surface area contributed by atoms with Crippen molar-refractivity contribution < 1.29 is 4.79 Å². The first-order valence-electron chi connectivity index (χ1n) is 5.71. The van der Waals surface area contributed by atoms with Crippen LogP contribution in [0.15, 0.2) is 42.6 Å². The van der Waals surface area contributed by atoms with Crippen LogP contribution in [0.3, 0.4) is 0 Å². The molecule has 5 heteroatoms. The van der Waals surface area contributed by atoms with Gasteiger partial charge in [-0.25, -0.2) is 9.97 Å². The Bertz CT molecular complexity index is 704. The van der Waals surface area contributed by atoms with E-state index in [1.54, 1.807) is 23.5 Å². The lowest BCUT2D eigenvalue weighted by molar-refractivity contribution is 0.0992. The largest absolute Gasteiger partial charge is 0.294 e. The van der Waals surface area contributed by atoms with Crippen molar-refractivity contribution in [2.45, 2.75) is 6.42 Å². The van der Waals surface area contributed by atoms with E-state index in [4.69, 9.17) is 11.6 Å². The Morgan fingerprint density at radius 2 is 2.05 bits per heavy atom. The third-order valence-electron chi connectivity index (χ3n) is 2.70. The van der Waals surface area contributed by atoms with Crippen LogP contribution in [0.1, 0.15) is 15.4 Å². The molecule has 0 spiro atoms. The van der Waals surface area contributed by atoms with Gasteiger partial charge in [-0.3, -0.25) is 4.79 Å². The highest BCUT2D eigenvalue weighted by molar-refractivity contribution is 7.18. The Morgan fingerprint density at radius 3 is 2.79 bits per heavy atom. The second-order valence-electron chi connectivity index (χ2n) is 4.04. The van der Waals surface area contributed by atoms with Crippen molar-refractivity contribution in [1.29, 1.82) is 0 Å². The molecular formula is C14H9ClN2OS. The first-order chi connectivity index (χ1) is 9.22. The number of Topliss-reactive ketones (excluding diaryl/α,β-unsaturated/α-hetero) is 1. The predicted octanol–water partition coefficient (Wildman–Crippen LogP) is 3.77. The molecule has 0 radical (unpaired) electrons. The van der Waals surface area contributed by atoms with E-state index >= 15 is 0 Å². The monoisotopic (exact) mass is 288 g/mol. The van der Waals surface area contributed by atoms with Gasteiger partial charge >= 0.3 is 0 Å². The van der Waals surface area contributed by atoms with E-state index in [2.05, 4.69) is 9.97 Å². The molecule has 2 aromatic heterocycles. The number of aromatic nitrogens is 2. The predicted molar refractivity (Wildman–Crippen MR) is 76.9 cm³/mol. The Morgan fingerprint density at radius 1 is 1.21 bits per heavy atom. The summed E-state index contributed by atoms with van der Waals surface area (Å²) in [7, 11) is 0. The fourth-order valence-electron chi connectivity index (χ4n) is 1.78. The van der Waals surface area contributed by atoms with Crippen LogP contribution in [0.25, 0.3) is 10.2 Å². The number of fused-ring (bicyclic) bond motifs is 1. The van der Waals surface area contributed by atoms with Gasteiger partial charge in [-0.2, -0.15) is 0 Å². The second-order valence-corrected chi connectivity index (χ2v) is 5.55. The minimum Gasteiger partial charge on any atom is -0.294 e. The summed E-state index contributed by atoms with van der Waals surface area (Å²) in [5, 5.41) is 1.21. The number of nitrogens with zero attached hydrogens (tertiary/aromatic N) is 2. The number of halogens is 1. The van der Waals surface area contributed by atoms with Crippen LogP contribution in [0.4, 0.5) is 0 Å². The van der Waals surface area contributed by atoms with Gasteiger partial charge in [-0.1, -0.05) is 23.7 Å². The molecule has 1 aromatic carbocycles. The lowest BCUT2D eigenvalue weighted by atomic mass is 10.1. The second kappa shape index (κ2) is 5.07. The summed E-state index contributed by atoms with van der Waals surface area (Å²) < 4.78 is 1.10. The fourth-order valence-corrected chi connectivity index (χ4v) is 2.85. The zero-order chi connectivity index (χ0) is 13.2. The van der Waals surface area contributed by atoms with Gasteiger partial charge in [0.1, 0.15) is 10.2 Å². The average Bonchev–Trinajstić information content (AvgIpc) is 2.81. The van der Waals surface area contributed by atoms with E-state index < -0.39 is 0 Å².